The summed E-state index contributed by atoms with van der Waals surface area (Å²) >= 11 is 3.84. The summed E-state index contributed by atoms with van der Waals surface area (Å²) in [6, 6.07) is 0. The number of ether oxygens (including phenoxy) is 2. The number of hydrogen-bond acceptors (Lipinski definition) is 2. The molecule has 1 rings (SSSR count). The molecule has 3 atom stereocenters. The summed E-state index contributed by atoms with van der Waals surface area (Å²) in [5.74, 6) is 1.76. The molecule has 0 amide bonds. The van der Waals surface area contributed by atoms with Gasteiger partial charge in [0.2, 0.25) is 0 Å². The van der Waals surface area contributed by atoms with Gasteiger partial charge in [-0.2, -0.15) is 0 Å². The Balaban J connectivity index is 2.15. The van der Waals surface area contributed by atoms with Gasteiger partial charge >= 0.3 is 0 Å². The Kier molecular flexibility index (Phi) is 8.50. The maximum absolute atomic E-state index is 5.57. The van der Waals surface area contributed by atoms with E-state index < -0.39 is 0 Å². The highest BCUT2D eigenvalue weighted by molar-refractivity contribution is 9.09. The van der Waals surface area contributed by atoms with Crippen molar-refractivity contribution in [1.82, 2.24) is 0 Å². The van der Waals surface area contributed by atoms with E-state index in [2.05, 4.69) is 22.9 Å². The van der Waals surface area contributed by atoms with Gasteiger partial charge in [-0.1, -0.05) is 35.7 Å². The predicted octanol–water partition coefficient (Wildman–Crippen LogP) is 4.02. The van der Waals surface area contributed by atoms with Crippen molar-refractivity contribution in [3.63, 3.8) is 0 Å². The molecule has 0 bridgehead atoms. The van der Waals surface area contributed by atoms with E-state index in [9.17, 15) is 0 Å². The molecule has 1 fully saturated rings. The molecule has 1 aliphatic carbocycles. The Morgan fingerprint density at radius 3 is 2.65 bits per heavy atom. The average molecular weight is 307 g/mol. The van der Waals surface area contributed by atoms with Crippen LogP contribution in [-0.2, 0) is 9.47 Å². The third-order valence-electron chi connectivity index (χ3n) is 3.76. The molecule has 0 radical (unpaired) electrons. The van der Waals surface area contributed by atoms with E-state index in [0.29, 0.717) is 11.4 Å². The fourth-order valence-electron chi connectivity index (χ4n) is 2.77. The minimum atomic E-state index is 0.709. The van der Waals surface area contributed by atoms with Gasteiger partial charge in [-0.25, -0.2) is 0 Å². The quantitative estimate of drug-likeness (QED) is 0.498. The van der Waals surface area contributed by atoms with Gasteiger partial charge in [0.15, 0.2) is 0 Å². The molecule has 102 valence electrons. The van der Waals surface area contributed by atoms with E-state index in [4.69, 9.17) is 9.47 Å². The second kappa shape index (κ2) is 9.35. The lowest BCUT2D eigenvalue weighted by atomic mass is 9.78. The van der Waals surface area contributed by atoms with Crippen LogP contribution in [0.4, 0.5) is 0 Å². The largest absolute Gasteiger partial charge is 0.382 e. The second-order valence-electron chi connectivity index (χ2n) is 5.14. The van der Waals surface area contributed by atoms with Crippen LogP contribution in [-0.4, -0.2) is 31.8 Å². The zero-order chi connectivity index (χ0) is 12.5. The molecule has 0 aliphatic heterocycles. The van der Waals surface area contributed by atoms with E-state index >= 15 is 0 Å². The standard InChI is InChI=1S/C14H27BrO2/c1-3-4-12-5-6-14(15)13(11-12)7-8-17-10-9-16-2/h12-14H,3-11H2,1-2H3. The van der Waals surface area contributed by atoms with Gasteiger partial charge in [-0.15, -0.1) is 0 Å². The molecule has 1 saturated carbocycles. The van der Waals surface area contributed by atoms with Crippen molar-refractivity contribution in [3.8, 4) is 0 Å². The highest BCUT2D eigenvalue weighted by Crippen LogP contribution is 2.37. The second-order valence-corrected chi connectivity index (χ2v) is 6.31. The van der Waals surface area contributed by atoms with Crippen molar-refractivity contribution >= 4 is 15.9 Å². The number of rotatable bonds is 8. The molecule has 17 heavy (non-hydrogen) atoms. The van der Waals surface area contributed by atoms with Crippen LogP contribution in [0.25, 0.3) is 0 Å². The molecular weight excluding hydrogens is 280 g/mol. The Hall–Kier alpha value is 0.400. The third kappa shape index (κ3) is 6.21. The van der Waals surface area contributed by atoms with Gasteiger partial charge in [0.05, 0.1) is 13.2 Å². The number of alkyl halides is 1. The summed E-state index contributed by atoms with van der Waals surface area (Å²) in [5, 5.41) is 0. The van der Waals surface area contributed by atoms with Gasteiger partial charge in [0, 0.05) is 18.5 Å². The molecule has 1 aliphatic rings. The van der Waals surface area contributed by atoms with E-state index in [0.717, 1.165) is 25.0 Å². The average Bonchev–Trinajstić information content (AvgIpc) is 2.33. The van der Waals surface area contributed by atoms with Crippen LogP contribution in [0, 0.1) is 11.8 Å². The van der Waals surface area contributed by atoms with Crippen molar-refractivity contribution in [2.45, 2.75) is 50.3 Å². The SMILES string of the molecule is CCCC1CCC(Br)C(CCOCCOC)C1. The van der Waals surface area contributed by atoms with Crippen molar-refractivity contribution < 1.29 is 9.47 Å². The van der Waals surface area contributed by atoms with Crippen LogP contribution in [0.2, 0.25) is 0 Å². The molecule has 0 heterocycles. The van der Waals surface area contributed by atoms with Crippen molar-refractivity contribution in [2.75, 3.05) is 26.9 Å². The van der Waals surface area contributed by atoms with Crippen LogP contribution in [0.1, 0.15) is 45.4 Å². The van der Waals surface area contributed by atoms with Crippen LogP contribution < -0.4 is 0 Å². The van der Waals surface area contributed by atoms with Crippen LogP contribution in [0.15, 0.2) is 0 Å². The fraction of sp³-hybridized carbons (Fsp3) is 1.00. The van der Waals surface area contributed by atoms with Crippen molar-refractivity contribution in [2.24, 2.45) is 11.8 Å². The predicted molar refractivity (Wildman–Crippen MR) is 75.8 cm³/mol. The van der Waals surface area contributed by atoms with Gasteiger partial charge in [0.1, 0.15) is 0 Å². The van der Waals surface area contributed by atoms with E-state index in [1.807, 2.05) is 0 Å². The zero-order valence-corrected chi connectivity index (χ0v) is 12.9. The number of methoxy groups -OCH3 is 1. The lowest BCUT2D eigenvalue weighted by Crippen LogP contribution is -2.26. The fourth-order valence-corrected chi connectivity index (χ4v) is 3.52. The molecule has 2 nitrogen and oxygen atoms in total. The summed E-state index contributed by atoms with van der Waals surface area (Å²) in [7, 11) is 1.72. The normalized spacial score (nSPS) is 29.5. The maximum atomic E-state index is 5.57. The van der Waals surface area contributed by atoms with Crippen LogP contribution in [0.5, 0.6) is 0 Å². The minimum absolute atomic E-state index is 0.709. The molecule has 0 aromatic heterocycles. The Bertz CT molecular complexity index is 187. The molecule has 0 aromatic carbocycles. The number of halogens is 1. The summed E-state index contributed by atoms with van der Waals surface area (Å²) in [6.45, 7) is 4.62. The smallest absolute Gasteiger partial charge is 0.0700 e. The van der Waals surface area contributed by atoms with Crippen molar-refractivity contribution in [3.05, 3.63) is 0 Å². The molecule has 0 spiro atoms. The highest BCUT2D eigenvalue weighted by atomic mass is 79.9. The summed E-state index contributed by atoms with van der Waals surface area (Å²) in [4.78, 5) is 0.710. The summed E-state index contributed by atoms with van der Waals surface area (Å²) < 4.78 is 10.5. The lowest BCUT2D eigenvalue weighted by molar-refractivity contribution is 0.0596. The zero-order valence-electron chi connectivity index (χ0n) is 11.3. The summed E-state index contributed by atoms with van der Waals surface area (Å²) in [6.07, 6.45) is 8.06. The monoisotopic (exact) mass is 306 g/mol. The molecule has 0 N–H and O–H groups in total. The van der Waals surface area contributed by atoms with Gasteiger partial charge in [-0.3, -0.25) is 0 Å². The first-order valence-corrected chi connectivity index (χ1v) is 7.90. The van der Waals surface area contributed by atoms with Gasteiger partial charge in [-0.05, 0) is 37.5 Å². The van der Waals surface area contributed by atoms with Gasteiger partial charge in [0.25, 0.3) is 0 Å². The number of hydrogen-bond donors (Lipinski definition) is 0. The van der Waals surface area contributed by atoms with Crippen molar-refractivity contribution in [1.29, 1.82) is 0 Å². The lowest BCUT2D eigenvalue weighted by Gasteiger charge is -2.33. The summed E-state index contributed by atoms with van der Waals surface area (Å²) in [5.41, 5.74) is 0. The van der Waals surface area contributed by atoms with Crippen LogP contribution >= 0.6 is 15.9 Å². The topological polar surface area (TPSA) is 18.5 Å². The van der Waals surface area contributed by atoms with E-state index in [1.54, 1.807) is 7.11 Å². The minimum Gasteiger partial charge on any atom is -0.382 e. The highest BCUT2D eigenvalue weighted by Gasteiger charge is 2.27. The first kappa shape index (κ1) is 15.5. The molecule has 3 heteroatoms. The maximum Gasteiger partial charge on any atom is 0.0700 e. The first-order valence-electron chi connectivity index (χ1n) is 6.98. The molecule has 0 saturated heterocycles. The Morgan fingerprint density at radius 1 is 1.12 bits per heavy atom. The molecular formula is C14H27BrO2. The Morgan fingerprint density at radius 2 is 1.94 bits per heavy atom. The molecule has 0 aromatic rings. The van der Waals surface area contributed by atoms with E-state index in [1.165, 1.54) is 38.5 Å². The van der Waals surface area contributed by atoms with Crippen LogP contribution in [0.3, 0.4) is 0 Å². The van der Waals surface area contributed by atoms with Gasteiger partial charge < -0.3 is 9.47 Å². The third-order valence-corrected chi connectivity index (χ3v) is 4.97. The Labute approximate surface area is 115 Å². The van der Waals surface area contributed by atoms with E-state index in [-0.39, 0.29) is 0 Å². The first-order chi connectivity index (χ1) is 8.27. The molecule has 3 unspecified atom stereocenters.